The van der Waals surface area contributed by atoms with Gasteiger partial charge in [-0.05, 0) is 64.2 Å². The van der Waals surface area contributed by atoms with Crippen LogP contribution in [-0.2, 0) is 37.4 Å². The molecule has 0 bridgehead atoms. The molecule has 53 heavy (non-hydrogen) atoms. The van der Waals surface area contributed by atoms with Gasteiger partial charge in [-0.2, -0.15) is 0 Å². The molecule has 11 heteroatoms. The van der Waals surface area contributed by atoms with Gasteiger partial charge in [-0.15, -0.1) is 0 Å². The van der Waals surface area contributed by atoms with Crippen LogP contribution < -0.4 is 4.89 Å². The van der Waals surface area contributed by atoms with E-state index in [4.69, 9.17) is 23.3 Å². The first kappa shape index (κ1) is 49.5. The summed E-state index contributed by atoms with van der Waals surface area (Å²) >= 11 is 0. The van der Waals surface area contributed by atoms with Crippen molar-refractivity contribution in [2.75, 3.05) is 47.5 Å². The molecular weight excluding hydrogens is 693 g/mol. The summed E-state index contributed by atoms with van der Waals surface area (Å²) in [5, 5.41) is 0. The van der Waals surface area contributed by atoms with E-state index < -0.39 is 32.5 Å². The predicted octanol–water partition coefficient (Wildman–Crippen LogP) is 9.93. The molecule has 4 atom stereocenters. The molecule has 10 nitrogen and oxygen atoms in total. The van der Waals surface area contributed by atoms with E-state index in [1.165, 1.54) is 51.4 Å². The van der Waals surface area contributed by atoms with E-state index in [1.807, 2.05) is 21.1 Å². The number of likely N-dealkylation sites (N-methyl/N-ethyl adjacent to an activating group) is 1. The van der Waals surface area contributed by atoms with Crippen LogP contribution in [-0.4, -0.2) is 82.2 Å². The lowest BCUT2D eigenvalue weighted by atomic mass is 10.1. The maximum Gasteiger partial charge on any atom is 0.306 e. The van der Waals surface area contributed by atoms with Crippen molar-refractivity contribution >= 4 is 19.8 Å². The summed E-state index contributed by atoms with van der Waals surface area (Å²) in [5.74, 6) is -0.868. The Kier molecular flexibility index (Phi) is 29.5. The number of phosphoric ester groups is 1. The van der Waals surface area contributed by atoms with E-state index in [1.54, 1.807) is 0 Å². The molecule has 0 saturated carbocycles. The van der Waals surface area contributed by atoms with Crippen molar-refractivity contribution in [1.82, 2.24) is 0 Å². The number of nitrogens with zero attached hydrogens (tertiary/aromatic N) is 1. The van der Waals surface area contributed by atoms with E-state index >= 15 is 0 Å². The fourth-order valence-electron chi connectivity index (χ4n) is 5.89. The first-order valence-corrected chi connectivity index (χ1v) is 22.6. The summed E-state index contributed by atoms with van der Waals surface area (Å²) < 4.78 is 39.6. The smallest absolute Gasteiger partial charge is 0.306 e. The molecule has 1 rings (SSSR count). The number of unbranched alkanes of at least 4 members (excludes halogenated alkanes) is 16. The highest BCUT2D eigenvalue weighted by atomic mass is 31.2. The fraction of sp³-hybridized carbons (Fsp3) is 0.857. The number of allylic oxidation sites excluding steroid dienone is 3. The molecule has 0 aliphatic carbocycles. The summed E-state index contributed by atoms with van der Waals surface area (Å²) in [6, 6.07) is 0. The minimum absolute atomic E-state index is 0.0374. The lowest BCUT2D eigenvalue weighted by Gasteiger charge is -2.28. The molecule has 0 radical (unpaired) electrons. The van der Waals surface area contributed by atoms with Gasteiger partial charge in [0.15, 0.2) is 6.10 Å². The third-order valence-electron chi connectivity index (χ3n) is 9.37. The highest BCUT2D eigenvalue weighted by Gasteiger charge is 2.36. The number of esters is 2. The number of carbonyl (C=O) groups excluding carboxylic acids is 2. The SMILES string of the molecule is CCCCC/C=C\CC1OC1CCCCCCCC(=O)O[C@H](COC(=O)CCCCCCC/C=C\CCCCCC)COP(=O)([O-])OCC[N+](C)(C)C. The molecule has 1 saturated heterocycles. The Bertz CT molecular complexity index is 1030. The number of carbonyl (C=O) groups is 2. The molecule has 1 heterocycles. The van der Waals surface area contributed by atoms with Crippen molar-refractivity contribution in [2.24, 2.45) is 0 Å². The summed E-state index contributed by atoms with van der Waals surface area (Å²) in [5.41, 5.74) is 0. The van der Waals surface area contributed by atoms with Crippen molar-refractivity contribution in [2.45, 2.75) is 186 Å². The second-order valence-corrected chi connectivity index (χ2v) is 17.1. The van der Waals surface area contributed by atoms with Crippen LogP contribution >= 0.6 is 7.82 Å². The second kappa shape index (κ2) is 31.6. The van der Waals surface area contributed by atoms with Gasteiger partial charge in [0.2, 0.25) is 0 Å². The zero-order chi connectivity index (χ0) is 39.0. The first-order chi connectivity index (χ1) is 25.5. The molecule has 0 aromatic heterocycles. The molecule has 0 N–H and O–H groups in total. The van der Waals surface area contributed by atoms with E-state index in [-0.39, 0.29) is 26.1 Å². The molecule has 0 aromatic carbocycles. The molecule has 0 amide bonds. The molecule has 1 aliphatic heterocycles. The van der Waals surface area contributed by atoms with Gasteiger partial charge >= 0.3 is 11.9 Å². The number of epoxide rings is 1. The number of hydrogen-bond donors (Lipinski definition) is 0. The molecule has 1 aliphatic rings. The van der Waals surface area contributed by atoms with Gasteiger partial charge in [0, 0.05) is 12.8 Å². The van der Waals surface area contributed by atoms with Crippen LogP contribution in [0.4, 0.5) is 0 Å². The average molecular weight is 772 g/mol. The van der Waals surface area contributed by atoms with Crippen LogP contribution in [0.2, 0.25) is 0 Å². The topological polar surface area (TPSA) is 124 Å². The third-order valence-corrected chi connectivity index (χ3v) is 10.3. The van der Waals surface area contributed by atoms with Gasteiger partial charge < -0.3 is 32.6 Å². The Hall–Kier alpha value is -1.55. The summed E-state index contributed by atoms with van der Waals surface area (Å²) in [7, 11) is 1.14. The van der Waals surface area contributed by atoms with Crippen molar-refractivity contribution in [3.63, 3.8) is 0 Å². The monoisotopic (exact) mass is 772 g/mol. The molecule has 310 valence electrons. The zero-order valence-corrected chi connectivity index (χ0v) is 35.3. The molecule has 1 fully saturated rings. The van der Waals surface area contributed by atoms with Crippen molar-refractivity contribution < 1.29 is 46.8 Å². The number of phosphoric acid groups is 1. The van der Waals surface area contributed by atoms with Crippen LogP contribution in [0, 0.1) is 0 Å². The van der Waals surface area contributed by atoms with Gasteiger partial charge in [0.1, 0.15) is 19.8 Å². The number of ether oxygens (including phenoxy) is 3. The summed E-state index contributed by atoms with van der Waals surface area (Å²) in [4.78, 5) is 37.5. The zero-order valence-electron chi connectivity index (χ0n) is 34.4. The third kappa shape index (κ3) is 32.4. The molecule has 0 aromatic rings. The Labute approximate surface area is 324 Å². The number of quaternary nitrogens is 1. The summed E-state index contributed by atoms with van der Waals surface area (Å²) in [6.07, 6.45) is 33.6. The van der Waals surface area contributed by atoms with E-state index in [2.05, 4.69) is 38.2 Å². The fourth-order valence-corrected chi connectivity index (χ4v) is 6.62. The first-order valence-electron chi connectivity index (χ1n) is 21.2. The van der Waals surface area contributed by atoms with E-state index in [0.717, 1.165) is 77.0 Å². The number of hydrogen-bond acceptors (Lipinski definition) is 9. The maximum atomic E-state index is 12.7. The Morgan fingerprint density at radius 3 is 1.85 bits per heavy atom. The highest BCUT2D eigenvalue weighted by Crippen LogP contribution is 2.38. The molecule has 0 spiro atoms. The average Bonchev–Trinajstić information content (AvgIpc) is 3.86. The van der Waals surface area contributed by atoms with Crippen LogP contribution in [0.5, 0.6) is 0 Å². The van der Waals surface area contributed by atoms with Gasteiger partial charge in [0.05, 0.1) is 40.0 Å². The lowest BCUT2D eigenvalue weighted by Crippen LogP contribution is -2.37. The second-order valence-electron chi connectivity index (χ2n) is 15.7. The highest BCUT2D eigenvalue weighted by molar-refractivity contribution is 7.45. The Balaban J connectivity index is 2.31. The van der Waals surface area contributed by atoms with Crippen LogP contribution in [0.25, 0.3) is 0 Å². The van der Waals surface area contributed by atoms with Crippen molar-refractivity contribution in [3.05, 3.63) is 24.3 Å². The minimum Gasteiger partial charge on any atom is -0.756 e. The number of rotatable bonds is 37. The maximum absolute atomic E-state index is 12.7. The van der Waals surface area contributed by atoms with E-state index in [0.29, 0.717) is 36.1 Å². The van der Waals surface area contributed by atoms with Crippen LogP contribution in [0.15, 0.2) is 24.3 Å². The van der Waals surface area contributed by atoms with Crippen LogP contribution in [0.3, 0.4) is 0 Å². The van der Waals surface area contributed by atoms with Crippen LogP contribution in [0.1, 0.15) is 168 Å². The van der Waals surface area contributed by atoms with Crippen molar-refractivity contribution in [3.8, 4) is 0 Å². The quantitative estimate of drug-likeness (QED) is 0.0152. The molecular formula is C42H78NO9P. The minimum atomic E-state index is -4.63. The van der Waals surface area contributed by atoms with Gasteiger partial charge in [-0.1, -0.05) is 115 Å². The molecule has 3 unspecified atom stereocenters. The summed E-state index contributed by atoms with van der Waals surface area (Å²) in [6.45, 7) is 4.13. The predicted molar refractivity (Wildman–Crippen MR) is 212 cm³/mol. The lowest BCUT2D eigenvalue weighted by molar-refractivity contribution is -0.870. The van der Waals surface area contributed by atoms with E-state index in [9.17, 15) is 19.0 Å². The van der Waals surface area contributed by atoms with Gasteiger partial charge in [-0.25, -0.2) is 0 Å². The van der Waals surface area contributed by atoms with Gasteiger partial charge in [-0.3, -0.25) is 14.2 Å². The standard InChI is InChI=1S/C42H78NO9P/c1-6-8-10-12-14-15-16-17-18-19-20-24-28-32-41(44)48-36-38(37-50-53(46,47)49-35-34-43(3,4)5)51-42(45)33-29-25-21-23-27-31-40-39(52-40)30-26-22-13-11-9-7-2/h15-16,22,26,38-40H,6-14,17-21,23-25,27-37H2,1-5H3/b16-15-,26-22-/t38-,39?,40?/m1/s1. The largest absolute Gasteiger partial charge is 0.756 e. The van der Waals surface area contributed by atoms with Crippen molar-refractivity contribution in [1.29, 1.82) is 0 Å². The Morgan fingerprint density at radius 1 is 0.679 bits per heavy atom. The van der Waals surface area contributed by atoms with Gasteiger partial charge in [0.25, 0.3) is 7.82 Å². The Morgan fingerprint density at radius 2 is 1.21 bits per heavy atom. The normalized spacial score (nSPS) is 17.7.